The number of likely N-dealkylation sites (N-methyl/N-ethyl adjacent to an activating group) is 1. The van der Waals surface area contributed by atoms with E-state index >= 15 is 0 Å². The summed E-state index contributed by atoms with van der Waals surface area (Å²) in [5.74, 6) is 2.45. The van der Waals surface area contributed by atoms with Gasteiger partial charge in [-0.05, 0) is 42.9 Å². The lowest BCUT2D eigenvalue weighted by molar-refractivity contribution is -0.132. The van der Waals surface area contributed by atoms with Crippen LogP contribution in [0.5, 0.6) is 11.5 Å². The highest BCUT2D eigenvalue weighted by molar-refractivity contribution is 5.85. The van der Waals surface area contributed by atoms with Gasteiger partial charge in [-0.15, -0.1) is 12.4 Å². The van der Waals surface area contributed by atoms with Crippen molar-refractivity contribution in [3.8, 4) is 11.5 Å². The first kappa shape index (κ1) is 17.4. The third-order valence-electron chi connectivity index (χ3n) is 5.39. The lowest BCUT2D eigenvalue weighted by atomic mass is 9.85. The quantitative estimate of drug-likeness (QED) is 0.908. The van der Waals surface area contributed by atoms with Crippen LogP contribution >= 0.6 is 12.4 Å². The van der Waals surface area contributed by atoms with Crippen LogP contribution in [0.3, 0.4) is 0 Å². The third-order valence-corrected chi connectivity index (χ3v) is 5.39. The molecule has 2 aliphatic heterocycles. The molecule has 1 aliphatic carbocycles. The highest BCUT2D eigenvalue weighted by atomic mass is 35.5. The molecule has 3 atom stereocenters. The molecular formula is C18H25ClN2O3. The van der Waals surface area contributed by atoms with Crippen molar-refractivity contribution in [1.29, 1.82) is 0 Å². The standard InChI is InChI=1S/C18H24N2O3.ClH/c1-20(10-12-6-7-16-17(8-12)23-11-22-16)18(21)15-9-13-4-2-3-5-14(13)19-15;/h6-8,13-15,19H,2-5,9-11H2,1H3;1H. The van der Waals surface area contributed by atoms with Crippen molar-refractivity contribution in [1.82, 2.24) is 10.2 Å². The first-order valence-electron chi connectivity index (χ1n) is 8.60. The van der Waals surface area contributed by atoms with Crippen LogP contribution in [0, 0.1) is 5.92 Å². The van der Waals surface area contributed by atoms with Gasteiger partial charge in [-0.25, -0.2) is 0 Å². The Morgan fingerprint density at radius 1 is 1.25 bits per heavy atom. The summed E-state index contributed by atoms with van der Waals surface area (Å²) in [6, 6.07) is 6.42. The van der Waals surface area contributed by atoms with E-state index in [1.54, 1.807) is 0 Å². The van der Waals surface area contributed by atoms with Crippen molar-refractivity contribution < 1.29 is 14.3 Å². The van der Waals surface area contributed by atoms with Crippen molar-refractivity contribution in [2.24, 2.45) is 5.92 Å². The van der Waals surface area contributed by atoms with E-state index in [4.69, 9.17) is 9.47 Å². The first-order valence-corrected chi connectivity index (χ1v) is 8.60. The number of nitrogens with one attached hydrogen (secondary N) is 1. The lowest BCUT2D eigenvalue weighted by Crippen LogP contribution is -2.43. The summed E-state index contributed by atoms with van der Waals surface area (Å²) in [5.41, 5.74) is 1.07. The molecule has 24 heavy (non-hydrogen) atoms. The molecule has 0 spiro atoms. The number of halogens is 1. The van der Waals surface area contributed by atoms with Crippen LogP contribution in [-0.4, -0.2) is 36.7 Å². The Balaban J connectivity index is 0.00000169. The van der Waals surface area contributed by atoms with Gasteiger partial charge in [-0.1, -0.05) is 18.9 Å². The molecule has 4 rings (SSSR count). The molecule has 1 N–H and O–H groups in total. The van der Waals surface area contributed by atoms with Crippen molar-refractivity contribution in [3.63, 3.8) is 0 Å². The minimum absolute atomic E-state index is 0. The maximum Gasteiger partial charge on any atom is 0.239 e. The van der Waals surface area contributed by atoms with Crippen molar-refractivity contribution >= 4 is 18.3 Å². The number of nitrogens with zero attached hydrogens (tertiary/aromatic N) is 1. The average molecular weight is 353 g/mol. The van der Waals surface area contributed by atoms with Gasteiger partial charge >= 0.3 is 0 Å². The number of carbonyl (C=O) groups excluding carboxylic acids is 1. The van der Waals surface area contributed by atoms with Crippen molar-refractivity contribution in [3.05, 3.63) is 23.8 Å². The molecule has 1 amide bonds. The van der Waals surface area contributed by atoms with Crippen LogP contribution in [0.25, 0.3) is 0 Å². The van der Waals surface area contributed by atoms with E-state index in [2.05, 4.69) is 5.32 Å². The molecule has 3 aliphatic rings. The first-order chi connectivity index (χ1) is 11.2. The van der Waals surface area contributed by atoms with Gasteiger partial charge in [0.2, 0.25) is 12.7 Å². The topological polar surface area (TPSA) is 50.8 Å². The van der Waals surface area contributed by atoms with Gasteiger partial charge in [0.1, 0.15) is 0 Å². The van der Waals surface area contributed by atoms with Gasteiger partial charge in [0, 0.05) is 19.6 Å². The predicted molar refractivity (Wildman–Crippen MR) is 93.6 cm³/mol. The normalized spacial score (nSPS) is 27.3. The Labute approximate surface area is 149 Å². The SMILES string of the molecule is CN(Cc1ccc2c(c1)OCO2)C(=O)C1CC2CCCCC2N1.Cl. The molecule has 0 radical (unpaired) electrons. The Kier molecular flexibility index (Phi) is 5.21. The molecule has 2 heterocycles. The number of hydrogen-bond donors (Lipinski definition) is 1. The smallest absolute Gasteiger partial charge is 0.239 e. The molecule has 3 unspecified atom stereocenters. The molecular weight excluding hydrogens is 328 g/mol. The zero-order valence-electron chi connectivity index (χ0n) is 14.0. The van der Waals surface area contributed by atoms with Gasteiger partial charge in [-0.3, -0.25) is 4.79 Å². The van der Waals surface area contributed by atoms with Gasteiger partial charge < -0.3 is 19.7 Å². The molecule has 1 saturated carbocycles. The van der Waals surface area contributed by atoms with Crippen LogP contribution in [0.4, 0.5) is 0 Å². The van der Waals surface area contributed by atoms with Crippen LogP contribution in [-0.2, 0) is 11.3 Å². The Bertz CT molecular complexity index is 596. The van der Waals surface area contributed by atoms with E-state index in [0.29, 0.717) is 18.5 Å². The second-order valence-corrected chi connectivity index (χ2v) is 6.99. The molecule has 2 fully saturated rings. The fourth-order valence-electron chi connectivity index (χ4n) is 4.17. The number of rotatable bonds is 3. The van der Waals surface area contributed by atoms with E-state index in [0.717, 1.165) is 23.5 Å². The highest BCUT2D eigenvalue weighted by Gasteiger charge is 2.39. The fraction of sp³-hybridized carbons (Fsp3) is 0.611. The van der Waals surface area contributed by atoms with E-state index in [1.165, 1.54) is 25.7 Å². The summed E-state index contributed by atoms with van der Waals surface area (Å²) >= 11 is 0. The fourth-order valence-corrected chi connectivity index (χ4v) is 4.17. The van der Waals surface area contributed by atoms with E-state index in [1.807, 2.05) is 30.1 Å². The van der Waals surface area contributed by atoms with Gasteiger partial charge in [0.05, 0.1) is 6.04 Å². The summed E-state index contributed by atoms with van der Waals surface area (Å²) in [6.07, 6.45) is 6.10. The van der Waals surface area contributed by atoms with Crippen LogP contribution < -0.4 is 14.8 Å². The minimum atomic E-state index is -0.0119. The number of hydrogen-bond acceptors (Lipinski definition) is 4. The second kappa shape index (κ2) is 7.19. The van der Waals surface area contributed by atoms with Crippen LogP contribution in [0.15, 0.2) is 18.2 Å². The average Bonchev–Trinajstić information content (AvgIpc) is 3.19. The highest BCUT2D eigenvalue weighted by Crippen LogP contribution is 2.34. The summed E-state index contributed by atoms with van der Waals surface area (Å²) in [7, 11) is 1.89. The van der Waals surface area contributed by atoms with Gasteiger partial charge in [0.25, 0.3) is 0 Å². The van der Waals surface area contributed by atoms with Crippen LogP contribution in [0.2, 0.25) is 0 Å². The largest absolute Gasteiger partial charge is 0.454 e. The molecule has 1 aromatic carbocycles. The van der Waals surface area contributed by atoms with Crippen molar-refractivity contribution in [2.45, 2.75) is 50.7 Å². The number of benzene rings is 1. The number of amides is 1. The molecule has 6 heteroatoms. The van der Waals surface area contributed by atoms with E-state index in [9.17, 15) is 4.79 Å². The summed E-state index contributed by atoms with van der Waals surface area (Å²) < 4.78 is 10.7. The molecule has 5 nitrogen and oxygen atoms in total. The minimum Gasteiger partial charge on any atom is -0.454 e. The summed E-state index contributed by atoms with van der Waals surface area (Å²) in [4.78, 5) is 14.6. The predicted octanol–water partition coefficient (Wildman–Crippen LogP) is 2.72. The second-order valence-electron chi connectivity index (χ2n) is 6.99. The van der Waals surface area contributed by atoms with E-state index in [-0.39, 0.29) is 31.1 Å². The Morgan fingerprint density at radius 3 is 2.88 bits per heavy atom. The van der Waals surface area contributed by atoms with Gasteiger partial charge in [0.15, 0.2) is 11.5 Å². The van der Waals surface area contributed by atoms with Gasteiger partial charge in [-0.2, -0.15) is 0 Å². The molecule has 0 bridgehead atoms. The third kappa shape index (κ3) is 3.33. The summed E-state index contributed by atoms with van der Waals surface area (Å²) in [5, 5.41) is 3.57. The molecule has 1 saturated heterocycles. The Hall–Kier alpha value is -1.46. The number of carbonyl (C=O) groups is 1. The monoisotopic (exact) mass is 352 g/mol. The van der Waals surface area contributed by atoms with E-state index < -0.39 is 0 Å². The zero-order valence-corrected chi connectivity index (χ0v) is 14.8. The lowest BCUT2D eigenvalue weighted by Gasteiger charge is -2.24. The molecule has 0 aromatic heterocycles. The molecule has 132 valence electrons. The number of fused-ring (bicyclic) bond motifs is 2. The summed E-state index contributed by atoms with van der Waals surface area (Å²) in [6.45, 7) is 0.880. The zero-order chi connectivity index (χ0) is 15.8. The Morgan fingerprint density at radius 2 is 2.04 bits per heavy atom. The molecule has 1 aromatic rings. The maximum absolute atomic E-state index is 12.7. The van der Waals surface area contributed by atoms with Crippen molar-refractivity contribution in [2.75, 3.05) is 13.8 Å². The number of ether oxygens (including phenoxy) is 2. The maximum atomic E-state index is 12.7. The van der Waals surface area contributed by atoms with Crippen LogP contribution in [0.1, 0.15) is 37.7 Å².